The Bertz CT molecular complexity index is 614. The van der Waals surface area contributed by atoms with Crippen molar-refractivity contribution in [2.45, 2.75) is 33.5 Å². The highest BCUT2D eigenvalue weighted by molar-refractivity contribution is 5.79. The van der Waals surface area contributed by atoms with Gasteiger partial charge < -0.3 is 10.3 Å². The molecule has 2 rings (SSSR count). The second kappa shape index (κ2) is 5.00. The molecule has 0 saturated heterocycles. The molecule has 110 valence electrons. The van der Waals surface area contributed by atoms with Gasteiger partial charge in [-0.25, -0.2) is 4.98 Å². The van der Waals surface area contributed by atoms with E-state index in [-0.39, 0.29) is 18.0 Å². The monoisotopic (exact) mass is 285 g/mol. The van der Waals surface area contributed by atoms with Gasteiger partial charge in [0.15, 0.2) is 0 Å². The van der Waals surface area contributed by atoms with Gasteiger partial charge in [0.05, 0.1) is 11.0 Å². The van der Waals surface area contributed by atoms with Crippen LogP contribution < -0.4 is 5.73 Å². The minimum Gasteiger partial charge on any atom is -0.399 e. The highest BCUT2D eigenvalue weighted by Gasteiger charge is 2.37. The number of benzene rings is 1. The van der Waals surface area contributed by atoms with Gasteiger partial charge in [0.1, 0.15) is 0 Å². The van der Waals surface area contributed by atoms with Gasteiger partial charge >= 0.3 is 6.18 Å². The molecule has 0 amide bonds. The highest BCUT2D eigenvalue weighted by Crippen LogP contribution is 2.33. The number of rotatable bonds is 3. The minimum absolute atomic E-state index is 0.117. The minimum atomic E-state index is -4.47. The Balaban J connectivity index is 2.59. The standard InChI is InChI=1S/C14H18F3N3/c1-8(2)9(3)7-20-12-5-4-10(18)6-11(12)19-13(20)14(15,16)17/h4-6,8-9H,7,18H2,1-3H3. The lowest BCUT2D eigenvalue weighted by atomic mass is 9.98. The first-order valence-corrected chi connectivity index (χ1v) is 6.53. The van der Waals surface area contributed by atoms with E-state index in [1.54, 1.807) is 12.1 Å². The van der Waals surface area contributed by atoms with Crippen LogP contribution in [0.4, 0.5) is 18.9 Å². The summed E-state index contributed by atoms with van der Waals surface area (Å²) in [6.45, 7) is 6.21. The molecular formula is C14H18F3N3. The van der Waals surface area contributed by atoms with Crippen LogP contribution in [0.2, 0.25) is 0 Å². The maximum absolute atomic E-state index is 13.1. The number of imidazole rings is 1. The zero-order valence-corrected chi connectivity index (χ0v) is 11.7. The first-order chi connectivity index (χ1) is 9.20. The molecule has 1 aromatic carbocycles. The van der Waals surface area contributed by atoms with Crippen LogP contribution in [0, 0.1) is 11.8 Å². The summed E-state index contributed by atoms with van der Waals surface area (Å²) in [5.74, 6) is -0.445. The number of alkyl halides is 3. The molecule has 0 spiro atoms. The molecule has 0 radical (unpaired) electrons. The first-order valence-electron chi connectivity index (χ1n) is 6.53. The van der Waals surface area contributed by atoms with E-state index in [4.69, 9.17) is 5.73 Å². The number of nitrogens with two attached hydrogens (primary N) is 1. The summed E-state index contributed by atoms with van der Waals surface area (Å²) in [5, 5.41) is 0. The molecular weight excluding hydrogens is 267 g/mol. The third-order valence-corrected chi connectivity index (χ3v) is 3.63. The molecule has 1 atom stereocenters. The molecule has 2 N–H and O–H groups in total. The van der Waals surface area contributed by atoms with Crippen LogP contribution in [0.25, 0.3) is 11.0 Å². The van der Waals surface area contributed by atoms with Crippen LogP contribution in [0.5, 0.6) is 0 Å². The number of aromatic nitrogens is 2. The van der Waals surface area contributed by atoms with Crippen molar-refractivity contribution in [3.8, 4) is 0 Å². The topological polar surface area (TPSA) is 43.8 Å². The fraction of sp³-hybridized carbons (Fsp3) is 0.500. The fourth-order valence-electron chi connectivity index (χ4n) is 2.05. The molecule has 0 aliphatic rings. The zero-order chi connectivity index (χ0) is 15.1. The first kappa shape index (κ1) is 14.7. The molecule has 0 saturated carbocycles. The number of hydrogen-bond acceptors (Lipinski definition) is 2. The summed E-state index contributed by atoms with van der Waals surface area (Å²) in [5.41, 5.74) is 6.78. The van der Waals surface area contributed by atoms with Gasteiger partial charge in [-0.05, 0) is 30.0 Å². The molecule has 0 fully saturated rings. The molecule has 1 unspecified atom stereocenters. The Hall–Kier alpha value is -1.72. The van der Waals surface area contributed by atoms with Gasteiger partial charge in [-0.3, -0.25) is 0 Å². The van der Waals surface area contributed by atoms with E-state index in [1.165, 1.54) is 10.6 Å². The van der Waals surface area contributed by atoms with E-state index in [0.29, 0.717) is 17.1 Å². The van der Waals surface area contributed by atoms with E-state index in [2.05, 4.69) is 4.98 Å². The molecule has 1 aromatic heterocycles. The van der Waals surface area contributed by atoms with Crippen molar-refractivity contribution < 1.29 is 13.2 Å². The second-order valence-corrected chi connectivity index (χ2v) is 5.51. The summed E-state index contributed by atoms with van der Waals surface area (Å²) >= 11 is 0. The van der Waals surface area contributed by atoms with Crippen molar-refractivity contribution >= 4 is 16.7 Å². The van der Waals surface area contributed by atoms with E-state index < -0.39 is 12.0 Å². The average Bonchev–Trinajstić information content (AvgIpc) is 2.66. The summed E-state index contributed by atoms with van der Waals surface area (Å²) in [4.78, 5) is 3.72. The van der Waals surface area contributed by atoms with Gasteiger partial charge in [0.2, 0.25) is 5.82 Å². The molecule has 1 heterocycles. The van der Waals surface area contributed by atoms with E-state index in [0.717, 1.165) is 0 Å². The van der Waals surface area contributed by atoms with Crippen molar-refractivity contribution in [1.82, 2.24) is 9.55 Å². The Kier molecular flexibility index (Phi) is 3.67. The van der Waals surface area contributed by atoms with Crippen molar-refractivity contribution in [3.05, 3.63) is 24.0 Å². The summed E-state index contributed by atoms with van der Waals surface area (Å²) in [6, 6.07) is 4.67. The lowest BCUT2D eigenvalue weighted by Crippen LogP contribution is -2.20. The van der Waals surface area contributed by atoms with Crippen LogP contribution in [0.3, 0.4) is 0 Å². The summed E-state index contributed by atoms with van der Waals surface area (Å²) in [6.07, 6.45) is -4.47. The largest absolute Gasteiger partial charge is 0.449 e. The van der Waals surface area contributed by atoms with Gasteiger partial charge in [0, 0.05) is 12.2 Å². The maximum Gasteiger partial charge on any atom is 0.449 e. The maximum atomic E-state index is 13.1. The van der Waals surface area contributed by atoms with Gasteiger partial charge in [-0.1, -0.05) is 20.8 Å². The predicted octanol–water partition coefficient (Wildman–Crippen LogP) is 3.93. The van der Waals surface area contributed by atoms with Gasteiger partial charge in [-0.15, -0.1) is 0 Å². The highest BCUT2D eigenvalue weighted by atomic mass is 19.4. The molecule has 3 nitrogen and oxygen atoms in total. The van der Waals surface area contributed by atoms with Crippen LogP contribution in [0.15, 0.2) is 18.2 Å². The van der Waals surface area contributed by atoms with Crippen LogP contribution >= 0.6 is 0 Å². The average molecular weight is 285 g/mol. The number of nitrogen functional groups attached to an aromatic ring is 1. The van der Waals surface area contributed by atoms with Crippen molar-refractivity contribution in [3.63, 3.8) is 0 Å². The Morgan fingerprint density at radius 3 is 2.45 bits per heavy atom. The van der Waals surface area contributed by atoms with Crippen LogP contribution in [-0.2, 0) is 12.7 Å². The Morgan fingerprint density at radius 2 is 1.90 bits per heavy atom. The number of nitrogens with zero attached hydrogens (tertiary/aromatic N) is 2. The third kappa shape index (κ3) is 2.73. The lowest BCUT2D eigenvalue weighted by molar-refractivity contribution is -0.147. The van der Waals surface area contributed by atoms with E-state index in [1.807, 2.05) is 20.8 Å². The van der Waals surface area contributed by atoms with Crippen molar-refractivity contribution in [2.24, 2.45) is 11.8 Å². The summed E-state index contributed by atoms with van der Waals surface area (Å²) < 4.78 is 40.6. The molecule has 2 aromatic rings. The van der Waals surface area contributed by atoms with E-state index in [9.17, 15) is 13.2 Å². The molecule has 0 aliphatic heterocycles. The molecule has 6 heteroatoms. The zero-order valence-electron chi connectivity index (χ0n) is 11.7. The Morgan fingerprint density at radius 1 is 1.25 bits per heavy atom. The smallest absolute Gasteiger partial charge is 0.399 e. The molecule has 0 bridgehead atoms. The summed E-state index contributed by atoms with van der Waals surface area (Å²) in [7, 11) is 0. The Labute approximate surface area is 115 Å². The van der Waals surface area contributed by atoms with E-state index >= 15 is 0 Å². The van der Waals surface area contributed by atoms with Gasteiger partial charge in [-0.2, -0.15) is 13.2 Å². The quantitative estimate of drug-likeness (QED) is 0.868. The second-order valence-electron chi connectivity index (χ2n) is 5.51. The number of hydrogen-bond donors (Lipinski definition) is 1. The lowest BCUT2D eigenvalue weighted by Gasteiger charge is -2.19. The molecule has 20 heavy (non-hydrogen) atoms. The van der Waals surface area contributed by atoms with Gasteiger partial charge in [0.25, 0.3) is 0 Å². The SMILES string of the molecule is CC(C)C(C)Cn1c(C(F)(F)F)nc2cc(N)ccc21. The molecule has 0 aliphatic carbocycles. The van der Waals surface area contributed by atoms with Crippen LogP contribution in [0.1, 0.15) is 26.6 Å². The normalized spacial score (nSPS) is 14.2. The number of halogens is 3. The van der Waals surface area contributed by atoms with Crippen LogP contribution in [-0.4, -0.2) is 9.55 Å². The predicted molar refractivity (Wildman–Crippen MR) is 73.1 cm³/mol. The number of fused-ring (bicyclic) bond motifs is 1. The van der Waals surface area contributed by atoms with Crippen molar-refractivity contribution in [2.75, 3.05) is 5.73 Å². The third-order valence-electron chi connectivity index (χ3n) is 3.63. The number of anilines is 1. The fourth-order valence-corrected chi connectivity index (χ4v) is 2.05. The van der Waals surface area contributed by atoms with Crippen molar-refractivity contribution in [1.29, 1.82) is 0 Å².